The van der Waals surface area contributed by atoms with Gasteiger partial charge in [-0.1, -0.05) is 24.3 Å². The molecular formula is C19H21FN4O. The molecule has 1 unspecified atom stereocenters. The molecule has 5 nitrogen and oxygen atoms in total. The van der Waals surface area contributed by atoms with E-state index >= 15 is 0 Å². The highest BCUT2D eigenvalue weighted by atomic mass is 19.1. The van der Waals surface area contributed by atoms with Crippen LogP contribution in [-0.2, 0) is 6.54 Å². The van der Waals surface area contributed by atoms with Crippen molar-refractivity contribution in [2.75, 3.05) is 13.6 Å². The summed E-state index contributed by atoms with van der Waals surface area (Å²) in [5.41, 5.74) is 1.67. The van der Waals surface area contributed by atoms with Crippen molar-refractivity contribution in [2.45, 2.75) is 19.6 Å². The topological polar surface area (TPSA) is 69.4 Å². The summed E-state index contributed by atoms with van der Waals surface area (Å²) in [4.78, 5) is 4.15. The number of ether oxygens (including phenoxy) is 1. The number of nitrogens with zero attached hydrogens (tertiary/aromatic N) is 2. The largest absolute Gasteiger partial charge is 0.486 e. The Morgan fingerprint density at radius 3 is 2.56 bits per heavy atom. The first-order valence-electron chi connectivity index (χ1n) is 7.97. The fourth-order valence-electron chi connectivity index (χ4n) is 2.14. The summed E-state index contributed by atoms with van der Waals surface area (Å²) < 4.78 is 19.2. The van der Waals surface area contributed by atoms with E-state index in [0.717, 1.165) is 5.56 Å². The Bertz CT molecular complexity index is 753. The molecule has 25 heavy (non-hydrogen) atoms. The van der Waals surface area contributed by atoms with Crippen LogP contribution >= 0.6 is 0 Å². The molecule has 0 radical (unpaired) electrons. The monoisotopic (exact) mass is 340 g/mol. The maximum Gasteiger partial charge on any atom is 0.191 e. The summed E-state index contributed by atoms with van der Waals surface area (Å²) in [5, 5.41) is 15.1. The summed E-state index contributed by atoms with van der Waals surface area (Å²) in [5.74, 6) is 0.475. The number of nitrogens with one attached hydrogen (secondary N) is 2. The molecule has 2 N–H and O–H groups in total. The molecule has 2 aromatic rings. The van der Waals surface area contributed by atoms with E-state index in [4.69, 9.17) is 10.00 Å². The van der Waals surface area contributed by atoms with Crippen LogP contribution in [0.3, 0.4) is 0 Å². The lowest BCUT2D eigenvalue weighted by Crippen LogP contribution is -2.41. The Kier molecular flexibility index (Phi) is 6.78. The average molecular weight is 340 g/mol. The van der Waals surface area contributed by atoms with Crippen LogP contribution < -0.4 is 15.4 Å². The van der Waals surface area contributed by atoms with E-state index in [9.17, 15) is 4.39 Å². The van der Waals surface area contributed by atoms with Gasteiger partial charge >= 0.3 is 0 Å². The molecular weight excluding hydrogens is 319 g/mol. The van der Waals surface area contributed by atoms with Crippen molar-refractivity contribution in [3.63, 3.8) is 0 Å². The second-order valence-electron chi connectivity index (χ2n) is 5.47. The number of hydrogen-bond acceptors (Lipinski definition) is 3. The maximum atomic E-state index is 13.6. The van der Waals surface area contributed by atoms with Gasteiger partial charge in [0.2, 0.25) is 0 Å². The number of para-hydroxylation sites is 1. The van der Waals surface area contributed by atoms with Crippen molar-refractivity contribution in [2.24, 2.45) is 4.99 Å². The Balaban J connectivity index is 1.79. The molecule has 0 aliphatic heterocycles. The number of hydrogen-bond donors (Lipinski definition) is 2. The highest BCUT2D eigenvalue weighted by molar-refractivity contribution is 5.79. The average Bonchev–Trinajstić information content (AvgIpc) is 2.64. The lowest BCUT2D eigenvalue weighted by Gasteiger charge is -2.18. The fourth-order valence-corrected chi connectivity index (χ4v) is 2.14. The van der Waals surface area contributed by atoms with E-state index < -0.39 is 0 Å². The van der Waals surface area contributed by atoms with Crippen molar-refractivity contribution >= 4 is 5.96 Å². The summed E-state index contributed by atoms with van der Waals surface area (Å²) in [6.07, 6.45) is -0.231. The minimum Gasteiger partial charge on any atom is -0.486 e. The Labute approximate surface area is 147 Å². The Morgan fingerprint density at radius 1 is 1.20 bits per heavy atom. The van der Waals surface area contributed by atoms with Crippen LogP contribution in [0.25, 0.3) is 0 Å². The molecule has 130 valence electrons. The second-order valence-corrected chi connectivity index (χ2v) is 5.47. The zero-order valence-corrected chi connectivity index (χ0v) is 14.3. The van der Waals surface area contributed by atoms with Gasteiger partial charge in [0.1, 0.15) is 6.10 Å². The number of guanidine groups is 1. The predicted molar refractivity (Wildman–Crippen MR) is 95.8 cm³/mol. The van der Waals surface area contributed by atoms with Crippen LogP contribution in [0, 0.1) is 17.1 Å². The van der Waals surface area contributed by atoms with Crippen LogP contribution in [0.2, 0.25) is 0 Å². The number of benzene rings is 2. The van der Waals surface area contributed by atoms with Gasteiger partial charge in [0.25, 0.3) is 0 Å². The smallest absolute Gasteiger partial charge is 0.191 e. The molecule has 0 heterocycles. The van der Waals surface area contributed by atoms with Crippen LogP contribution in [0.5, 0.6) is 5.75 Å². The van der Waals surface area contributed by atoms with Gasteiger partial charge in [-0.2, -0.15) is 5.26 Å². The van der Waals surface area contributed by atoms with Gasteiger partial charge < -0.3 is 15.4 Å². The summed E-state index contributed by atoms with van der Waals surface area (Å²) in [6.45, 7) is 2.91. The van der Waals surface area contributed by atoms with Crippen LogP contribution in [0.1, 0.15) is 18.1 Å². The molecule has 2 rings (SSSR count). The Hall–Kier alpha value is -3.07. The summed E-state index contributed by atoms with van der Waals surface area (Å²) in [7, 11) is 1.68. The Morgan fingerprint density at radius 2 is 1.92 bits per heavy atom. The lowest BCUT2D eigenvalue weighted by molar-refractivity contribution is 0.214. The van der Waals surface area contributed by atoms with Gasteiger partial charge in [0.15, 0.2) is 17.5 Å². The first-order chi connectivity index (χ1) is 12.1. The van der Waals surface area contributed by atoms with Crippen molar-refractivity contribution in [3.8, 4) is 11.8 Å². The van der Waals surface area contributed by atoms with Gasteiger partial charge in [0.05, 0.1) is 18.2 Å². The standard InChI is InChI=1S/C19H21FN4O/c1-14(25-18-6-4-3-5-17(18)20)12-23-19(22-2)24-13-16-9-7-15(11-21)8-10-16/h3-10,14H,12-13H2,1-2H3,(H2,22,23,24). The van der Waals surface area contributed by atoms with Crippen LogP contribution in [0.15, 0.2) is 53.5 Å². The van der Waals surface area contributed by atoms with Gasteiger partial charge in [-0.3, -0.25) is 4.99 Å². The molecule has 0 saturated heterocycles. The van der Waals surface area contributed by atoms with Crippen LogP contribution in [-0.4, -0.2) is 25.7 Å². The fraction of sp³-hybridized carbons (Fsp3) is 0.263. The highest BCUT2D eigenvalue weighted by Crippen LogP contribution is 2.16. The van der Waals surface area contributed by atoms with Crippen molar-refractivity contribution in [3.05, 3.63) is 65.5 Å². The molecule has 0 amide bonds. The number of aliphatic imine (C=N–C) groups is 1. The molecule has 0 aromatic heterocycles. The quantitative estimate of drug-likeness (QED) is 0.627. The minimum atomic E-state index is -0.377. The third kappa shape index (κ3) is 5.81. The summed E-state index contributed by atoms with van der Waals surface area (Å²) in [6, 6.07) is 15.8. The number of halogens is 1. The number of nitriles is 1. The minimum absolute atomic E-state index is 0.231. The molecule has 0 aliphatic carbocycles. The molecule has 0 saturated carbocycles. The SMILES string of the molecule is CN=C(NCc1ccc(C#N)cc1)NCC(C)Oc1ccccc1F. The third-order valence-corrected chi connectivity index (χ3v) is 3.49. The van der Waals surface area contributed by atoms with E-state index in [1.807, 2.05) is 19.1 Å². The van der Waals surface area contributed by atoms with E-state index in [1.165, 1.54) is 6.07 Å². The van der Waals surface area contributed by atoms with E-state index in [-0.39, 0.29) is 17.7 Å². The van der Waals surface area contributed by atoms with E-state index in [2.05, 4.69) is 21.7 Å². The third-order valence-electron chi connectivity index (χ3n) is 3.49. The van der Waals surface area contributed by atoms with Gasteiger partial charge in [-0.05, 0) is 36.8 Å². The van der Waals surface area contributed by atoms with Crippen molar-refractivity contribution in [1.29, 1.82) is 5.26 Å². The lowest BCUT2D eigenvalue weighted by atomic mass is 10.1. The molecule has 0 spiro atoms. The first kappa shape index (κ1) is 18.3. The maximum absolute atomic E-state index is 13.6. The summed E-state index contributed by atoms with van der Waals surface area (Å²) >= 11 is 0. The van der Waals surface area contributed by atoms with Crippen LogP contribution in [0.4, 0.5) is 4.39 Å². The molecule has 1 atom stereocenters. The highest BCUT2D eigenvalue weighted by Gasteiger charge is 2.08. The van der Waals surface area contributed by atoms with Gasteiger partial charge in [-0.25, -0.2) is 4.39 Å². The van der Waals surface area contributed by atoms with Crippen molar-refractivity contribution < 1.29 is 9.13 Å². The van der Waals surface area contributed by atoms with Gasteiger partial charge in [-0.15, -0.1) is 0 Å². The molecule has 6 heteroatoms. The van der Waals surface area contributed by atoms with Crippen molar-refractivity contribution in [1.82, 2.24) is 10.6 Å². The zero-order chi connectivity index (χ0) is 18.1. The normalized spacial score (nSPS) is 12.2. The molecule has 0 fully saturated rings. The molecule has 2 aromatic carbocycles. The molecule has 0 bridgehead atoms. The molecule has 0 aliphatic rings. The second kappa shape index (κ2) is 9.28. The van der Waals surface area contributed by atoms with E-state index in [1.54, 1.807) is 37.4 Å². The first-order valence-corrected chi connectivity index (χ1v) is 7.97. The number of rotatable bonds is 6. The predicted octanol–water partition coefficient (Wildman–Crippen LogP) is 2.83. The zero-order valence-electron chi connectivity index (χ0n) is 14.3. The van der Waals surface area contributed by atoms with E-state index in [0.29, 0.717) is 24.6 Å². The van der Waals surface area contributed by atoms with Gasteiger partial charge in [0, 0.05) is 13.6 Å².